The Labute approximate surface area is 123 Å². The fourth-order valence-corrected chi connectivity index (χ4v) is 2.47. The van der Waals surface area contributed by atoms with E-state index >= 15 is 0 Å². The summed E-state index contributed by atoms with van der Waals surface area (Å²) in [5.74, 6) is 2.31. The molecule has 19 heavy (non-hydrogen) atoms. The predicted octanol–water partition coefficient (Wildman–Crippen LogP) is 3.79. The third kappa shape index (κ3) is 4.39. The molecule has 0 aromatic heterocycles. The summed E-state index contributed by atoms with van der Waals surface area (Å²) in [5.41, 5.74) is 1.16. The molecule has 0 radical (unpaired) electrons. The molecule has 1 unspecified atom stereocenters. The molecule has 0 aliphatic carbocycles. The first kappa shape index (κ1) is 14.7. The van der Waals surface area contributed by atoms with Crippen molar-refractivity contribution in [1.82, 2.24) is 0 Å². The predicted molar refractivity (Wildman–Crippen MR) is 79.3 cm³/mol. The maximum absolute atomic E-state index is 5.94. The molecule has 0 bridgehead atoms. The first-order valence-electron chi connectivity index (χ1n) is 6.85. The first-order chi connectivity index (χ1) is 9.33. The van der Waals surface area contributed by atoms with Crippen LogP contribution < -0.4 is 9.47 Å². The zero-order chi connectivity index (χ0) is 13.5. The van der Waals surface area contributed by atoms with E-state index in [0.29, 0.717) is 5.92 Å². The molecule has 1 atom stereocenters. The maximum atomic E-state index is 5.94. The molecule has 4 heteroatoms. The minimum absolute atomic E-state index is 0.517. The van der Waals surface area contributed by atoms with Crippen molar-refractivity contribution >= 4 is 15.9 Å². The van der Waals surface area contributed by atoms with Gasteiger partial charge >= 0.3 is 0 Å². The number of benzene rings is 1. The highest BCUT2D eigenvalue weighted by atomic mass is 79.9. The van der Waals surface area contributed by atoms with E-state index in [4.69, 9.17) is 14.2 Å². The summed E-state index contributed by atoms with van der Waals surface area (Å²) in [6.45, 7) is 5.24. The second-order valence-corrected chi connectivity index (χ2v) is 5.35. The molecule has 0 spiro atoms. The van der Waals surface area contributed by atoms with Crippen LogP contribution in [-0.4, -0.2) is 26.4 Å². The van der Waals surface area contributed by atoms with Crippen molar-refractivity contribution in [1.29, 1.82) is 0 Å². The summed E-state index contributed by atoms with van der Waals surface area (Å²) in [7, 11) is 0. The van der Waals surface area contributed by atoms with Gasteiger partial charge in [0.2, 0.25) is 0 Å². The lowest BCUT2D eigenvalue weighted by atomic mass is 10.1. The summed E-state index contributed by atoms with van der Waals surface area (Å²) < 4.78 is 17.0. The van der Waals surface area contributed by atoms with E-state index in [1.54, 1.807) is 0 Å². The molecule has 1 aromatic carbocycles. The molecule has 1 fully saturated rings. The van der Waals surface area contributed by atoms with E-state index in [1.165, 1.54) is 0 Å². The smallest absolute Gasteiger partial charge is 0.127 e. The number of alkyl halides is 1. The van der Waals surface area contributed by atoms with Gasteiger partial charge in [-0.15, -0.1) is 0 Å². The molecule has 0 N–H and O–H groups in total. The van der Waals surface area contributed by atoms with Crippen molar-refractivity contribution in [2.24, 2.45) is 5.92 Å². The van der Waals surface area contributed by atoms with Gasteiger partial charge in [-0.2, -0.15) is 0 Å². The van der Waals surface area contributed by atoms with Crippen molar-refractivity contribution in [3.63, 3.8) is 0 Å². The Bertz CT molecular complexity index is 389. The molecule has 1 aliphatic heterocycles. The third-order valence-corrected chi connectivity index (χ3v) is 3.76. The summed E-state index contributed by atoms with van der Waals surface area (Å²) in [6.07, 6.45) is 2.10. The average Bonchev–Trinajstić information content (AvgIpc) is 2.96. The van der Waals surface area contributed by atoms with Gasteiger partial charge in [-0.25, -0.2) is 0 Å². The second-order valence-electron chi connectivity index (χ2n) is 4.79. The Hall–Kier alpha value is -0.740. The van der Waals surface area contributed by atoms with Crippen LogP contribution in [0.3, 0.4) is 0 Å². The molecule has 1 aromatic rings. The van der Waals surface area contributed by atoms with Crippen LogP contribution in [0.2, 0.25) is 0 Å². The number of halogens is 1. The van der Waals surface area contributed by atoms with E-state index in [2.05, 4.69) is 28.9 Å². The Balaban J connectivity index is 1.98. The topological polar surface area (TPSA) is 27.7 Å². The van der Waals surface area contributed by atoms with Crippen molar-refractivity contribution in [2.45, 2.75) is 25.1 Å². The van der Waals surface area contributed by atoms with Crippen LogP contribution in [0.25, 0.3) is 0 Å². The van der Waals surface area contributed by atoms with Gasteiger partial charge in [-0.3, -0.25) is 0 Å². The molecule has 1 saturated heterocycles. The van der Waals surface area contributed by atoms with Gasteiger partial charge < -0.3 is 14.2 Å². The molecule has 2 rings (SSSR count). The second kappa shape index (κ2) is 7.75. The van der Waals surface area contributed by atoms with Gasteiger partial charge in [-0.1, -0.05) is 28.9 Å². The molecular weight excluding hydrogens is 308 g/mol. The Morgan fingerprint density at radius 2 is 2.26 bits per heavy atom. The van der Waals surface area contributed by atoms with Crippen LogP contribution in [0.15, 0.2) is 18.2 Å². The molecule has 106 valence electrons. The Kier molecular flexibility index (Phi) is 5.98. The minimum Gasteiger partial charge on any atom is -0.493 e. The van der Waals surface area contributed by atoms with Crippen molar-refractivity contribution < 1.29 is 14.2 Å². The normalized spacial score (nSPS) is 18.5. The fraction of sp³-hybridized carbons (Fsp3) is 0.600. The number of hydrogen-bond donors (Lipinski definition) is 0. The van der Waals surface area contributed by atoms with Gasteiger partial charge in [0.05, 0.1) is 19.8 Å². The minimum atomic E-state index is 0.517. The van der Waals surface area contributed by atoms with E-state index < -0.39 is 0 Å². The van der Waals surface area contributed by atoms with Gasteiger partial charge in [0.1, 0.15) is 11.5 Å². The highest BCUT2D eigenvalue weighted by molar-refractivity contribution is 9.08. The largest absolute Gasteiger partial charge is 0.493 e. The average molecular weight is 329 g/mol. The van der Waals surface area contributed by atoms with Crippen LogP contribution in [-0.2, 0) is 10.1 Å². The number of hydrogen-bond acceptors (Lipinski definition) is 3. The fourth-order valence-electron chi connectivity index (χ4n) is 2.01. The number of rotatable bonds is 7. The van der Waals surface area contributed by atoms with E-state index in [9.17, 15) is 0 Å². The van der Waals surface area contributed by atoms with Crippen molar-refractivity contribution in [3.8, 4) is 11.5 Å². The standard InChI is InChI=1S/C15H21BrO3/c1-2-6-18-14-4-3-13(9-16)15(8-14)19-11-12-5-7-17-10-12/h3-4,8,12H,2,5-7,9-11H2,1H3. The van der Waals surface area contributed by atoms with Crippen molar-refractivity contribution in [3.05, 3.63) is 23.8 Å². The summed E-state index contributed by atoms with van der Waals surface area (Å²) >= 11 is 3.49. The zero-order valence-electron chi connectivity index (χ0n) is 11.4. The highest BCUT2D eigenvalue weighted by Crippen LogP contribution is 2.28. The van der Waals surface area contributed by atoms with Crippen LogP contribution >= 0.6 is 15.9 Å². The molecular formula is C15H21BrO3. The van der Waals surface area contributed by atoms with Crippen LogP contribution in [0.1, 0.15) is 25.3 Å². The molecule has 0 saturated carbocycles. The van der Waals surface area contributed by atoms with Gasteiger partial charge in [0.15, 0.2) is 0 Å². The maximum Gasteiger partial charge on any atom is 0.127 e. The Morgan fingerprint density at radius 3 is 2.95 bits per heavy atom. The van der Waals surface area contributed by atoms with Gasteiger partial charge in [0, 0.05) is 29.5 Å². The van der Waals surface area contributed by atoms with E-state index in [0.717, 1.165) is 61.7 Å². The molecule has 3 nitrogen and oxygen atoms in total. The van der Waals surface area contributed by atoms with Crippen LogP contribution in [0.5, 0.6) is 11.5 Å². The van der Waals surface area contributed by atoms with Crippen molar-refractivity contribution in [2.75, 3.05) is 26.4 Å². The molecule has 1 heterocycles. The van der Waals surface area contributed by atoms with E-state index in [1.807, 2.05) is 12.1 Å². The third-order valence-electron chi connectivity index (χ3n) is 3.15. The summed E-state index contributed by atoms with van der Waals surface area (Å²) in [6, 6.07) is 6.04. The van der Waals surface area contributed by atoms with E-state index in [-0.39, 0.29) is 0 Å². The number of ether oxygens (including phenoxy) is 3. The van der Waals surface area contributed by atoms with Gasteiger partial charge in [-0.05, 0) is 18.9 Å². The Morgan fingerprint density at radius 1 is 1.37 bits per heavy atom. The lowest BCUT2D eigenvalue weighted by Gasteiger charge is -2.14. The van der Waals surface area contributed by atoms with Gasteiger partial charge in [0.25, 0.3) is 0 Å². The van der Waals surface area contributed by atoms with Crippen LogP contribution in [0, 0.1) is 5.92 Å². The summed E-state index contributed by atoms with van der Waals surface area (Å²) in [4.78, 5) is 0. The molecule has 1 aliphatic rings. The SMILES string of the molecule is CCCOc1ccc(CBr)c(OCC2CCOC2)c1. The lowest BCUT2D eigenvalue weighted by molar-refractivity contribution is 0.166. The highest BCUT2D eigenvalue weighted by Gasteiger charge is 2.17. The first-order valence-corrected chi connectivity index (χ1v) is 7.98. The molecule has 0 amide bonds. The quantitative estimate of drug-likeness (QED) is 0.713. The lowest BCUT2D eigenvalue weighted by Crippen LogP contribution is -2.12. The summed E-state index contributed by atoms with van der Waals surface area (Å²) in [5, 5.41) is 0.789. The van der Waals surface area contributed by atoms with Crippen LogP contribution in [0.4, 0.5) is 0 Å². The zero-order valence-corrected chi connectivity index (χ0v) is 12.9. The monoisotopic (exact) mass is 328 g/mol.